The average Bonchev–Trinajstić information content (AvgIpc) is 2.57. The lowest BCUT2D eigenvalue weighted by Gasteiger charge is -2.37. The van der Waals surface area contributed by atoms with Gasteiger partial charge >= 0.3 is 6.09 Å². The van der Waals surface area contributed by atoms with Crippen molar-refractivity contribution in [2.45, 2.75) is 64.1 Å². The van der Waals surface area contributed by atoms with Gasteiger partial charge in [-0.1, -0.05) is 11.6 Å². The number of aliphatic hydroxyl groups is 1. The number of hydrogen-bond acceptors (Lipinski definition) is 3. The van der Waals surface area contributed by atoms with Gasteiger partial charge in [0, 0.05) is 17.1 Å². The Hall–Kier alpha value is -0.740. The number of piperidine rings is 1. The van der Waals surface area contributed by atoms with Crippen LogP contribution in [0.1, 0.15) is 46.5 Å². The highest BCUT2D eigenvalue weighted by Gasteiger charge is 2.43. The normalized spacial score (nSPS) is 26.6. The predicted molar refractivity (Wildman–Crippen MR) is 74.1 cm³/mol. The molecular weight excluding hydrogens is 266 g/mol. The highest BCUT2D eigenvalue weighted by molar-refractivity contribution is 6.30. The molecule has 2 aliphatic rings. The summed E-state index contributed by atoms with van der Waals surface area (Å²) >= 11 is 6.03. The zero-order valence-electron chi connectivity index (χ0n) is 11.8. The van der Waals surface area contributed by atoms with E-state index in [0.29, 0.717) is 5.03 Å². The van der Waals surface area contributed by atoms with Gasteiger partial charge in [-0.05, 0) is 52.0 Å². The van der Waals surface area contributed by atoms with E-state index in [4.69, 9.17) is 21.4 Å². The summed E-state index contributed by atoms with van der Waals surface area (Å²) < 4.78 is 5.47. The Morgan fingerprint density at radius 2 is 1.89 bits per heavy atom. The van der Waals surface area contributed by atoms with Gasteiger partial charge in [0.2, 0.25) is 0 Å². The number of carbonyl (C=O) groups is 1. The van der Waals surface area contributed by atoms with Crippen LogP contribution in [0.3, 0.4) is 0 Å². The minimum Gasteiger partial charge on any atom is -0.444 e. The lowest BCUT2D eigenvalue weighted by atomic mass is 9.97. The third kappa shape index (κ3) is 3.23. The molecule has 2 bridgehead atoms. The monoisotopic (exact) mass is 287 g/mol. The predicted octanol–water partition coefficient (Wildman–Crippen LogP) is 3.03. The van der Waals surface area contributed by atoms with Gasteiger partial charge in [0.25, 0.3) is 0 Å². The van der Waals surface area contributed by atoms with Crippen LogP contribution in [0.5, 0.6) is 0 Å². The van der Waals surface area contributed by atoms with Crippen LogP contribution in [0.4, 0.5) is 4.79 Å². The smallest absolute Gasteiger partial charge is 0.410 e. The minimum absolute atomic E-state index is 0.108. The first-order valence-corrected chi connectivity index (χ1v) is 7.18. The van der Waals surface area contributed by atoms with Gasteiger partial charge in [-0.15, -0.1) is 0 Å². The lowest BCUT2D eigenvalue weighted by Crippen LogP contribution is -2.47. The summed E-state index contributed by atoms with van der Waals surface area (Å²) in [7, 11) is 0. The van der Waals surface area contributed by atoms with Crippen LogP contribution >= 0.6 is 11.6 Å². The molecule has 0 saturated carbocycles. The summed E-state index contributed by atoms with van der Waals surface area (Å²) in [5.74, 6) is 0. The molecule has 0 aromatic rings. The van der Waals surface area contributed by atoms with E-state index in [1.54, 1.807) is 0 Å². The molecule has 1 amide bonds. The van der Waals surface area contributed by atoms with E-state index in [-0.39, 0.29) is 24.8 Å². The fourth-order valence-electron chi connectivity index (χ4n) is 2.96. The topological polar surface area (TPSA) is 49.8 Å². The van der Waals surface area contributed by atoms with Crippen LogP contribution in [-0.4, -0.2) is 40.4 Å². The Kier molecular flexibility index (Phi) is 4.11. The van der Waals surface area contributed by atoms with Crippen molar-refractivity contribution >= 4 is 17.7 Å². The largest absolute Gasteiger partial charge is 0.444 e. The number of hydrogen-bond donors (Lipinski definition) is 1. The molecule has 0 aromatic carbocycles. The Balaban J connectivity index is 2.10. The van der Waals surface area contributed by atoms with Crippen molar-refractivity contribution in [3.8, 4) is 0 Å². The molecule has 2 saturated heterocycles. The van der Waals surface area contributed by atoms with Crippen LogP contribution < -0.4 is 0 Å². The summed E-state index contributed by atoms with van der Waals surface area (Å²) in [5.41, 5.74) is 0.631. The maximum absolute atomic E-state index is 12.2. The Morgan fingerprint density at radius 3 is 2.32 bits per heavy atom. The van der Waals surface area contributed by atoms with Gasteiger partial charge in [-0.2, -0.15) is 0 Å². The highest BCUT2D eigenvalue weighted by atomic mass is 35.5. The van der Waals surface area contributed by atoms with E-state index >= 15 is 0 Å². The number of carbonyl (C=O) groups excluding carboxylic acids is 1. The van der Waals surface area contributed by atoms with Crippen molar-refractivity contribution in [2.75, 3.05) is 6.61 Å². The van der Waals surface area contributed by atoms with Crippen LogP contribution in [-0.2, 0) is 4.74 Å². The van der Waals surface area contributed by atoms with Crippen LogP contribution in [0.25, 0.3) is 0 Å². The fourth-order valence-corrected chi connectivity index (χ4v) is 3.11. The van der Waals surface area contributed by atoms with Crippen molar-refractivity contribution < 1.29 is 14.6 Å². The molecule has 0 aromatic heterocycles. The molecule has 2 aliphatic heterocycles. The Morgan fingerprint density at radius 1 is 1.37 bits per heavy atom. The van der Waals surface area contributed by atoms with E-state index in [1.807, 2.05) is 25.7 Å². The Bertz CT molecular complexity index is 384. The first-order chi connectivity index (χ1) is 8.81. The van der Waals surface area contributed by atoms with Gasteiger partial charge in [-0.3, -0.25) is 0 Å². The van der Waals surface area contributed by atoms with Crippen LogP contribution in [0.15, 0.2) is 10.6 Å². The van der Waals surface area contributed by atoms with Crippen molar-refractivity contribution in [1.82, 2.24) is 4.90 Å². The molecule has 19 heavy (non-hydrogen) atoms. The van der Waals surface area contributed by atoms with Crippen LogP contribution in [0, 0.1) is 0 Å². The van der Waals surface area contributed by atoms with Crippen molar-refractivity contribution in [2.24, 2.45) is 0 Å². The maximum Gasteiger partial charge on any atom is 0.410 e. The maximum atomic E-state index is 12.2. The number of ether oxygens (including phenoxy) is 1. The van der Waals surface area contributed by atoms with Crippen molar-refractivity contribution in [3.63, 3.8) is 0 Å². The number of amides is 1. The lowest BCUT2D eigenvalue weighted by molar-refractivity contribution is 0.0114. The number of rotatable bonds is 1. The summed E-state index contributed by atoms with van der Waals surface area (Å²) in [4.78, 5) is 14.1. The molecule has 1 N–H and O–H groups in total. The van der Waals surface area contributed by atoms with E-state index in [9.17, 15) is 4.79 Å². The summed E-state index contributed by atoms with van der Waals surface area (Å²) in [6.45, 7) is 5.53. The standard InChI is InChI=1S/C14H22ClNO3/c1-14(2,3)19-13(18)16-10-4-5-11(16)7-9(6-10)12(15)8-17/h10-11,17H,4-8H2,1-3H3. The van der Waals surface area contributed by atoms with Gasteiger partial charge in [0.1, 0.15) is 5.60 Å². The third-order valence-electron chi connectivity index (χ3n) is 3.71. The molecule has 5 heteroatoms. The molecule has 108 valence electrons. The highest BCUT2D eigenvalue weighted by Crippen LogP contribution is 2.40. The fraction of sp³-hybridized carbons (Fsp3) is 0.786. The molecule has 0 aliphatic carbocycles. The first-order valence-electron chi connectivity index (χ1n) is 6.80. The van der Waals surface area contributed by atoms with E-state index in [2.05, 4.69) is 0 Å². The summed E-state index contributed by atoms with van der Waals surface area (Å²) in [6, 6.07) is 0.341. The van der Waals surface area contributed by atoms with E-state index in [0.717, 1.165) is 31.3 Å². The number of nitrogens with zero attached hydrogens (tertiary/aromatic N) is 1. The Labute approximate surface area is 119 Å². The second kappa shape index (κ2) is 5.33. The molecule has 2 atom stereocenters. The first kappa shape index (κ1) is 14.7. The molecule has 2 heterocycles. The SMILES string of the molecule is CC(C)(C)OC(=O)N1C2CCC1CC(=C(Cl)CO)C2. The summed E-state index contributed by atoms with van der Waals surface area (Å²) in [6.07, 6.45) is 3.27. The second-order valence-corrected chi connectivity index (χ2v) is 6.80. The molecule has 2 rings (SSSR count). The number of aliphatic hydroxyl groups excluding tert-OH is 1. The average molecular weight is 288 g/mol. The zero-order chi connectivity index (χ0) is 14.2. The van der Waals surface area contributed by atoms with Crippen LogP contribution in [0.2, 0.25) is 0 Å². The van der Waals surface area contributed by atoms with Gasteiger partial charge < -0.3 is 14.7 Å². The quantitative estimate of drug-likeness (QED) is 0.806. The van der Waals surface area contributed by atoms with E-state index < -0.39 is 5.60 Å². The summed E-state index contributed by atoms with van der Waals surface area (Å²) in [5, 5.41) is 9.66. The van der Waals surface area contributed by atoms with Gasteiger partial charge in [0.15, 0.2) is 0 Å². The molecule has 2 unspecified atom stereocenters. The minimum atomic E-state index is -0.463. The molecule has 4 nitrogen and oxygen atoms in total. The zero-order valence-corrected chi connectivity index (χ0v) is 12.5. The van der Waals surface area contributed by atoms with Crippen molar-refractivity contribution in [3.05, 3.63) is 10.6 Å². The van der Waals surface area contributed by atoms with Crippen molar-refractivity contribution in [1.29, 1.82) is 0 Å². The van der Waals surface area contributed by atoms with Gasteiger partial charge in [-0.25, -0.2) is 4.79 Å². The molecule has 0 radical (unpaired) electrons. The third-order valence-corrected chi connectivity index (χ3v) is 4.10. The second-order valence-electron chi connectivity index (χ2n) is 6.35. The van der Waals surface area contributed by atoms with Gasteiger partial charge in [0.05, 0.1) is 6.61 Å². The number of halogens is 1. The van der Waals surface area contributed by atoms with E-state index in [1.165, 1.54) is 0 Å². The molecule has 2 fully saturated rings. The molecular formula is C14H22ClNO3. The number of fused-ring (bicyclic) bond motifs is 2. The molecule has 0 spiro atoms.